The van der Waals surface area contributed by atoms with Gasteiger partial charge in [0.15, 0.2) is 0 Å². The van der Waals surface area contributed by atoms with Gasteiger partial charge in [0.1, 0.15) is 0 Å². The second-order valence-electron chi connectivity index (χ2n) is 6.63. The normalized spacial score (nSPS) is 22.5. The second kappa shape index (κ2) is 7.46. The van der Waals surface area contributed by atoms with Gasteiger partial charge in [-0.2, -0.15) is 10.1 Å². The largest absolute Gasteiger partial charge is 0.747 e. The van der Waals surface area contributed by atoms with Crippen LogP contribution in [-0.2, 0) is 23.4 Å². The van der Waals surface area contributed by atoms with Crippen LogP contribution in [0.3, 0.4) is 0 Å². The molecule has 2 rings (SSSR count). The minimum Gasteiger partial charge on any atom is -0.272 e. The molecule has 24 heavy (non-hydrogen) atoms. The predicted molar refractivity (Wildman–Crippen MR) is 88.6 cm³/mol. The lowest BCUT2D eigenvalue weighted by Gasteiger charge is -2.33. The van der Waals surface area contributed by atoms with E-state index in [1.165, 1.54) is 10.1 Å². The highest BCUT2D eigenvalue weighted by molar-refractivity contribution is 7.33. The fraction of sp³-hybridized carbons (Fsp3) is 0.875. The molecule has 2 aliphatic rings. The van der Waals surface area contributed by atoms with Crippen molar-refractivity contribution in [2.24, 2.45) is 0 Å². The number of hydroxylamine groups is 4. The van der Waals surface area contributed by atoms with E-state index in [0.717, 1.165) is 25.7 Å². The van der Waals surface area contributed by atoms with Gasteiger partial charge in [0, 0.05) is 26.7 Å². The molecule has 0 unspecified atom stereocenters. The predicted octanol–water partition coefficient (Wildman–Crippen LogP) is 3.87. The van der Waals surface area contributed by atoms with Crippen molar-refractivity contribution in [3.63, 3.8) is 0 Å². The Hall–Kier alpha value is -1.04. The van der Waals surface area contributed by atoms with Gasteiger partial charge in [-0.1, -0.05) is 27.7 Å². The molecular weight excluding hydrogens is 331 g/mol. The van der Waals surface area contributed by atoms with Crippen LogP contribution in [0.4, 0.5) is 0 Å². The average Bonchev–Trinajstić information content (AvgIpc) is 3.07. The summed E-state index contributed by atoms with van der Waals surface area (Å²) in [5.41, 5.74) is -0.875. The first kappa shape index (κ1) is 19.3. The molecule has 0 N–H and O–H groups in total. The SMILES string of the molecule is CCC1(CC)CCC(=O)N1O[P+](=O)ON1C(=O)CCC1(CC)CC. The molecule has 0 atom stereocenters. The Morgan fingerprint density at radius 2 is 1.17 bits per heavy atom. The van der Waals surface area contributed by atoms with Gasteiger partial charge in [-0.15, -0.1) is 0 Å². The molecule has 0 saturated carbocycles. The first-order chi connectivity index (χ1) is 11.4. The summed E-state index contributed by atoms with van der Waals surface area (Å²) in [4.78, 5) is 24.2. The molecule has 2 fully saturated rings. The van der Waals surface area contributed by atoms with Crippen molar-refractivity contribution in [3.05, 3.63) is 0 Å². The third kappa shape index (κ3) is 3.22. The topological polar surface area (TPSA) is 76.2 Å². The Labute approximate surface area is 144 Å². The van der Waals surface area contributed by atoms with E-state index in [-0.39, 0.29) is 11.8 Å². The standard InChI is InChI=1S/C16H28N2O5P/c1-5-15(6-2)11-9-13(19)17(15)22-24(21)23-18-14(20)10-12-16(18,7-3)8-4/h5-12H2,1-4H3/q+1. The summed E-state index contributed by atoms with van der Waals surface area (Å²) in [6, 6.07) is 0. The minimum absolute atomic E-state index is 0.185. The van der Waals surface area contributed by atoms with Crippen LogP contribution in [0.1, 0.15) is 79.1 Å². The molecule has 0 aliphatic carbocycles. The molecule has 136 valence electrons. The van der Waals surface area contributed by atoms with E-state index in [0.29, 0.717) is 25.7 Å². The highest BCUT2D eigenvalue weighted by atomic mass is 31.1. The number of carbonyl (C=O) groups excluding carboxylic acids is 2. The summed E-state index contributed by atoms with van der Waals surface area (Å²) in [6.45, 7) is 7.93. The molecule has 0 aromatic rings. The lowest BCUT2D eigenvalue weighted by atomic mass is 9.91. The lowest BCUT2D eigenvalue weighted by Crippen LogP contribution is -2.45. The molecule has 2 saturated heterocycles. The molecule has 8 heteroatoms. The number of hydrogen-bond donors (Lipinski definition) is 0. The van der Waals surface area contributed by atoms with Crippen molar-refractivity contribution in [2.75, 3.05) is 0 Å². The fourth-order valence-corrected chi connectivity index (χ4v) is 4.63. The molecule has 0 bridgehead atoms. The Morgan fingerprint density at radius 1 is 0.833 bits per heavy atom. The first-order valence-electron chi connectivity index (χ1n) is 8.87. The van der Waals surface area contributed by atoms with Crippen LogP contribution in [0, 0.1) is 0 Å². The van der Waals surface area contributed by atoms with Crippen molar-refractivity contribution in [1.29, 1.82) is 0 Å². The second-order valence-corrected chi connectivity index (χ2v) is 7.40. The van der Waals surface area contributed by atoms with Crippen molar-refractivity contribution >= 4 is 20.1 Å². The van der Waals surface area contributed by atoms with Gasteiger partial charge in [-0.3, -0.25) is 9.59 Å². The van der Waals surface area contributed by atoms with Gasteiger partial charge in [0.05, 0.1) is 11.1 Å². The highest BCUT2D eigenvalue weighted by Gasteiger charge is 2.53. The Kier molecular flexibility index (Phi) is 6.00. The summed E-state index contributed by atoms with van der Waals surface area (Å²) in [5.74, 6) is -0.369. The summed E-state index contributed by atoms with van der Waals surface area (Å²) in [7, 11) is -2.64. The van der Waals surface area contributed by atoms with E-state index >= 15 is 0 Å². The van der Waals surface area contributed by atoms with E-state index < -0.39 is 19.3 Å². The third-order valence-electron chi connectivity index (χ3n) is 5.85. The maximum absolute atomic E-state index is 12.4. The van der Waals surface area contributed by atoms with E-state index in [2.05, 4.69) is 0 Å². The van der Waals surface area contributed by atoms with Gasteiger partial charge >= 0.3 is 8.25 Å². The maximum Gasteiger partial charge on any atom is 0.747 e. The zero-order valence-electron chi connectivity index (χ0n) is 15.0. The Morgan fingerprint density at radius 3 is 1.46 bits per heavy atom. The summed E-state index contributed by atoms with van der Waals surface area (Å²) in [6.07, 6.45) is 4.98. The van der Waals surface area contributed by atoms with Crippen LogP contribution in [0.25, 0.3) is 0 Å². The molecule has 0 spiro atoms. The molecule has 2 aliphatic heterocycles. The van der Waals surface area contributed by atoms with Gasteiger partial charge < -0.3 is 0 Å². The zero-order chi connectivity index (χ0) is 18.0. The van der Waals surface area contributed by atoms with E-state index in [1.807, 2.05) is 27.7 Å². The molecule has 2 heterocycles. The maximum atomic E-state index is 12.4. The van der Waals surface area contributed by atoms with Crippen molar-refractivity contribution < 1.29 is 23.4 Å². The van der Waals surface area contributed by atoms with E-state index in [9.17, 15) is 14.2 Å². The van der Waals surface area contributed by atoms with E-state index in [1.54, 1.807) is 0 Å². The molecular formula is C16H28N2O5P+. The van der Waals surface area contributed by atoms with Gasteiger partial charge in [-0.05, 0) is 38.5 Å². The van der Waals surface area contributed by atoms with Crippen LogP contribution in [0.5, 0.6) is 0 Å². The molecule has 0 radical (unpaired) electrons. The zero-order valence-corrected chi connectivity index (χ0v) is 15.9. The minimum atomic E-state index is -2.64. The number of amides is 2. The van der Waals surface area contributed by atoms with Gasteiger partial charge in [0.25, 0.3) is 11.8 Å². The van der Waals surface area contributed by atoms with Crippen molar-refractivity contribution in [2.45, 2.75) is 90.1 Å². The van der Waals surface area contributed by atoms with Crippen LogP contribution in [0.15, 0.2) is 0 Å². The number of carbonyl (C=O) groups is 2. The summed E-state index contributed by atoms with van der Waals surface area (Å²) < 4.78 is 23.2. The van der Waals surface area contributed by atoms with E-state index in [4.69, 9.17) is 9.25 Å². The smallest absolute Gasteiger partial charge is 0.272 e. The molecule has 7 nitrogen and oxygen atoms in total. The Balaban J connectivity index is 2.09. The van der Waals surface area contributed by atoms with Crippen LogP contribution in [-0.4, -0.2) is 33.0 Å². The molecule has 0 aromatic heterocycles. The van der Waals surface area contributed by atoms with Gasteiger partial charge in [0.2, 0.25) is 0 Å². The third-order valence-corrected chi connectivity index (χ3v) is 6.45. The molecule has 2 amide bonds. The fourth-order valence-electron chi connectivity index (χ4n) is 3.81. The molecule has 0 aromatic carbocycles. The Bertz CT molecular complexity index is 473. The van der Waals surface area contributed by atoms with Crippen LogP contribution >= 0.6 is 8.25 Å². The van der Waals surface area contributed by atoms with Crippen molar-refractivity contribution in [1.82, 2.24) is 10.1 Å². The number of hydrogen-bond acceptors (Lipinski definition) is 5. The monoisotopic (exact) mass is 359 g/mol. The van der Waals surface area contributed by atoms with Crippen molar-refractivity contribution in [3.8, 4) is 0 Å². The van der Waals surface area contributed by atoms with Crippen LogP contribution < -0.4 is 0 Å². The quantitative estimate of drug-likeness (QED) is 0.615. The average molecular weight is 359 g/mol. The lowest BCUT2D eigenvalue weighted by molar-refractivity contribution is -0.189. The van der Waals surface area contributed by atoms with Crippen LogP contribution in [0.2, 0.25) is 0 Å². The highest BCUT2D eigenvalue weighted by Crippen LogP contribution is 2.44. The summed E-state index contributed by atoms with van der Waals surface area (Å²) >= 11 is 0. The van der Waals surface area contributed by atoms with Gasteiger partial charge in [-0.25, -0.2) is 0 Å². The first-order valence-corrected chi connectivity index (χ1v) is 9.97. The number of nitrogens with zero attached hydrogens (tertiary/aromatic N) is 2. The number of rotatable bonds is 8. The summed E-state index contributed by atoms with van der Waals surface area (Å²) in [5, 5.41) is 2.46.